The van der Waals surface area contributed by atoms with E-state index in [0.29, 0.717) is 17.5 Å². The molecule has 1 aromatic carbocycles. The van der Waals surface area contributed by atoms with Crippen molar-refractivity contribution in [3.8, 4) is 11.3 Å². The first-order valence-corrected chi connectivity index (χ1v) is 7.26. The van der Waals surface area contributed by atoms with Gasteiger partial charge in [0.25, 0.3) is 5.91 Å². The molecule has 110 valence electrons. The summed E-state index contributed by atoms with van der Waals surface area (Å²) in [5.74, 6) is 0.232. The van der Waals surface area contributed by atoms with Crippen molar-refractivity contribution in [1.82, 2.24) is 15.4 Å². The average Bonchev–Trinajstić information content (AvgIpc) is 3.05. The van der Waals surface area contributed by atoms with E-state index in [9.17, 15) is 4.79 Å². The van der Waals surface area contributed by atoms with Crippen molar-refractivity contribution in [1.29, 1.82) is 0 Å². The first kappa shape index (κ1) is 13.8. The molecule has 21 heavy (non-hydrogen) atoms. The molecule has 1 aliphatic heterocycles. The van der Waals surface area contributed by atoms with Gasteiger partial charge in [0.1, 0.15) is 5.69 Å². The fourth-order valence-electron chi connectivity index (χ4n) is 2.67. The largest absolute Gasteiger partial charge is 0.350 e. The number of nitrogens with one attached hydrogen (secondary N) is 1. The first-order chi connectivity index (χ1) is 10.3. The Labute approximate surface area is 123 Å². The zero-order valence-corrected chi connectivity index (χ0v) is 12.1. The predicted octanol–water partition coefficient (Wildman–Crippen LogP) is 2.17. The third kappa shape index (κ3) is 2.97. The van der Waals surface area contributed by atoms with Crippen molar-refractivity contribution < 1.29 is 9.32 Å². The first-order valence-electron chi connectivity index (χ1n) is 7.26. The van der Waals surface area contributed by atoms with Crippen molar-refractivity contribution in [2.75, 3.05) is 20.1 Å². The second-order valence-corrected chi connectivity index (χ2v) is 5.32. The van der Waals surface area contributed by atoms with E-state index in [-0.39, 0.29) is 5.91 Å². The van der Waals surface area contributed by atoms with Crippen LogP contribution in [0.4, 0.5) is 0 Å². The maximum Gasteiger partial charge on any atom is 0.292 e. The Morgan fingerprint density at radius 2 is 2.19 bits per heavy atom. The molecule has 0 aliphatic carbocycles. The molecule has 1 amide bonds. The van der Waals surface area contributed by atoms with Crippen LogP contribution >= 0.6 is 0 Å². The Morgan fingerprint density at radius 1 is 1.38 bits per heavy atom. The number of amides is 1. The molecule has 1 aromatic heterocycles. The highest BCUT2D eigenvalue weighted by atomic mass is 16.5. The molecule has 3 rings (SSSR count). The van der Waals surface area contributed by atoms with E-state index in [1.807, 2.05) is 42.3 Å². The number of piperidine rings is 1. The van der Waals surface area contributed by atoms with Crippen molar-refractivity contribution in [2.24, 2.45) is 0 Å². The molecule has 1 unspecified atom stereocenters. The van der Waals surface area contributed by atoms with Gasteiger partial charge in [-0.3, -0.25) is 4.79 Å². The van der Waals surface area contributed by atoms with Gasteiger partial charge in [-0.05, 0) is 19.9 Å². The Kier molecular flexibility index (Phi) is 4.01. The van der Waals surface area contributed by atoms with Gasteiger partial charge in [0, 0.05) is 30.8 Å². The molecule has 1 fully saturated rings. The summed E-state index contributed by atoms with van der Waals surface area (Å²) in [5, 5.41) is 7.23. The van der Waals surface area contributed by atoms with Gasteiger partial charge in [-0.2, -0.15) is 0 Å². The van der Waals surface area contributed by atoms with Gasteiger partial charge < -0.3 is 14.7 Å². The maximum atomic E-state index is 12.5. The van der Waals surface area contributed by atoms with Crippen molar-refractivity contribution in [2.45, 2.75) is 18.9 Å². The normalized spacial score (nSPS) is 18.7. The number of carbonyl (C=O) groups excluding carboxylic acids is 1. The van der Waals surface area contributed by atoms with Gasteiger partial charge in [0.2, 0.25) is 5.76 Å². The number of carbonyl (C=O) groups is 1. The topological polar surface area (TPSA) is 58.4 Å². The van der Waals surface area contributed by atoms with Crippen LogP contribution in [0.1, 0.15) is 23.4 Å². The highest BCUT2D eigenvalue weighted by molar-refractivity contribution is 5.92. The molecule has 0 saturated carbocycles. The van der Waals surface area contributed by atoms with Crippen LogP contribution in [0.15, 0.2) is 40.9 Å². The number of hydrogen-bond donors (Lipinski definition) is 1. The average molecular weight is 285 g/mol. The van der Waals surface area contributed by atoms with Crippen LogP contribution in [-0.4, -0.2) is 42.1 Å². The zero-order chi connectivity index (χ0) is 14.7. The van der Waals surface area contributed by atoms with Crippen LogP contribution in [0.3, 0.4) is 0 Å². The molecule has 1 aliphatic rings. The number of aromatic nitrogens is 1. The van der Waals surface area contributed by atoms with Crippen LogP contribution in [0.5, 0.6) is 0 Å². The zero-order valence-electron chi connectivity index (χ0n) is 12.1. The maximum absolute atomic E-state index is 12.5. The highest BCUT2D eigenvalue weighted by Crippen LogP contribution is 2.20. The van der Waals surface area contributed by atoms with Crippen LogP contribution in [0, 0.1) is 0 Å². The number of rotatable bonds is 3. The van der Waals surface area contributed by atoms with Crippen molar-refractivity contribution >= 4 is 5.91 Å². The smallest absolute Gasteiger partial charge is 0.292 e. The lowest BCUT2D eigenvalue weighted by molar-refractivity contribution is 0.0656. The van der Waals surface area contributed by atoms with Crippen LogP contribution in [0.25, 0.3) is 11.3 Å². The number of nitrogens with zero attached hydrogens (tertiary/aromatic N) is 2. The molecule has 1 atom stereocenters. The standard InChI is InChI=1S/C16H19N3O2/c1-17-13-8-5-9-19(11-13)16(20)15-10-14(18-21-15)12-6-3-2-4-7-12/h2-4,6-7,10,13,17H,5,8-9,11H2,1H3. The molecular weight excluding hydrogens is 266 g/mol. The van der Waals surface area contributed by atoms with Gasteiger partial charge in [0.15, 0.2) is 0 Å². The minimum atomic E-state index is -0.0790. The third-order valence-electron chi connectivity index (χ3n) is 3.91. The van der Waals surface area contributed by atoms with Gasteiger partial charge >= 0.3 is 0 Å². The molecule has 1 saturated heterocycles. The summed E-state index contributed by atoms with van der Waals surface area (Å²) in [6, 6.07) is 11.8. The second kappa shape index (κ2) is 6.10. The van der Waals surface area contributed by atoms with E-state index in [1.165, 1.54) is 0 Å². The monoisotopic (exact) mass is 285 g/mol. The second-order valence-electron chi connectivity index (χ2n) is 5.32. The lowest BCUT2D eigenvalue weighted by atomic mass is 10.1. The number of likely N-dealkylation sites (tertiary alicyclic amines) is 1. The molecule has 0 spiro atoms. The summed E-state index contributed by atoms with van der Waals surface area (Å²) in [6.07, 6.45) is 2.11. The number of benzene rings is 1. The highest BCUT2D eigenvalue weighted by Gasteiger charge is 2.26. The molecule has 0 bridgehead atoms. The van der Waals surface area contributed by atoms with Crippen molar-refractivity contribution in [3.63, 3.8) is 0 Å². The summed E-state index contributed by atoms with van der Waals surface area (Å²) in [4.78, 5) is 14.3. The van der Waals surface area contributed by atoms with Crippen molar-refractivity contribution in [3.05, 3.63) is 42.2 Å². The summed E-state index contributed by atoms with van der Waals surface area (Å²) in [6.45, 7) is 1.50. The fraction of sp³-hybridized carbons (Fsp3) is 0.375. The van der Waals surface area contributed by atoms with Crippen LogP contribution in [-0.2, 0) is 0 Å². The molecule has 0 radical (unpaired) electrons. The Hall–Kier alpha value is -2.14. The SMILES string of the molecule is CNC1CCCN(C(=O)c2cc(-c3ccccc3)no2)C1. The number of likely N-dealkylation sites (N-methyl/N-ethyl adjacent to an activating group) is 1. The summed E-state index contributed by atoms with van der Waals surface area (Å²) < 4.78 is 5.24. The van der Waals surface area contributed by atoms with E-state index in [1.54, 1.807) is 6.07 Å². The van der Waals surface area contributed by atoms with E-state index in [2.05, 4.69) is 10.5 Å². The molecular formula is C16H19N3O2. The summed E-state index contributed by atoms with van der Waals surface area (Å²) in [5.41, 5.74) is 1.65. The molecule has 1 N–H and O–H groups in total. The lowest BCUT2D eigenvalue weighted by Gasteiger charge is -2.31. The van der Waals surface area contributed by atoms with Gasteiger partial charge in [-0.25, -0.2) is 0 Å². The van der Waals surface area contributed by atoms with E-state index in [0.717, 1.165) is 31.5 Å². The molecule has 5 heteroatoms. The van der Waals surface area contributed by atoms with Gasteiger partial charge in [-0.1, -0.05) is 35.5 Å². The number of hydrogen-bond acceptors (Lipinski definition) is 4. The van der Waals surface area contributed by atoms with E-state index < -0.39 is 0 Å². The summed E-state index contributed by atoms with van der Waals surface area (Å²) in [7, 11) is 1.93. The Balaban J connectivity index is 1.75. The summed E-state index contributed by atoms with van der Waals surface area (Å²) >= 11 is 0. The Morgan fingerprint density at radius 3 is 2.95 bits per heavy atom. The molecule has 2 heterocycles. The van der Waals surface area contributed by atoms with Gasteiger partial charge in [-0.15, -0.1) is 0 Å². The minimum Gasteiger partial charge on any atom is -0.350 e. The van der Waals surface area contributed by atoms with Gasteiger partial charge in [0.05, 0.1) is 0 Å². The lowest BCUT2D eigenvalue weighted by Crippen LogP contribution is -2.46. The van der Waals surface area contributed by atoms with Crippen LogP contribution in [0.2, 0.25) is 0 Å². The van der Waals surface area contributed by atoms with E-state index >= 15 is 0 Å². The Bertz CT molecular complexity index is 609. The molecule has 5 nitrogen and oxygen atoms in total. The minimum absolute atomic E-state index is 0.0790. The van der Waals surface area contributed by atoms with E-state index in [4.69, 9.17) is 4.52 Å². The third-order valence-corrected chi connectivity index (χ3v) is 3.91. The molecule has 2 aromatic rings. The fourth-order valence-corrected chi connectivity index (χ4v) is 2.67. The van der Waals surface area contributed by atoms with Crippen LogP contribution < -0.4 is 5.32 Å². The predicted molar refractivity (Wildman–Crippen MR) is 79.9 cm³/mol. The quantitative estimate of drug-likeness (QED) is 0.939.